The molecule has 0 aromatic carbocycles. The van der Waals surface area contributed by atoms with Crippen molar-refractivity contribution < 1.29 is 0 Å². The van der Waals surface area contributed by atoms with E-state index in [0.29, 0.717) is 0 Å². The van der Waals surface area contributed by atoms with Gasteiger partial charge in [-0.05, 0) is 6.54 Å². The van der Waals surface area contributed by atoms with Gasteiger partial charge in [0.1, 0.15) is 0 Å². The smallest absolute Gasteiger partial charge is 0 e. The van der Waals surface area contributed by atoms with Crippen LogP contribution in [0.25, 0.3) is 0 Å². The second kappa shape index (κ2) is 8.82. The van der Waals surface area contributed by atoms with Gasteiger partial charge in [0, 0.05) is 51.4 Å². The average molecular weight is 84.2 g/mol. The quantitative estimate of drug-likeness (QED) is 0.396. The number of hydrogen-bond donors (Lipinski definition) is 1. The van der Waals surface area contributed by atoms with E-state index in [-0.39, 0.29) is 51.4 Å². The van der Waals surface area contributed by atoms with E-state index >= 15 is 0 Å². The van der Waals surface area contributed by atoms with E-state index in [2.05, 4.69) is 0 Å². The molecule has 0 bridgehead atoms. The molecule has 0 spiro atoms. The fraction of sp³-hybridized carbons (Fsp3) is 1.00. The summed E-state index contributed by atoms with van der Waals surface area (Å²) >= 11 is 0. The molecule has 0 rings (SSSR count). The third kappa shape index (κ3) is 9.51. The van der Waals surface area contributed by atoms with Crippen LogP contribution in [0.2, 0.25) is 0 Å². The van der Waals surface area contributed by atoms with E-state index < -0.39 is 0 Å². The van der Waals surface area contributed by atoms with Gasteiger partial charge in [-0.3, -0.25) is 0 Å². The molecule has 0 amide bonds. The molecule has 0 heterocycles. The molecule has 0 fully saturated rings. The van der Waals surface area contributed by atoms with E-state index in [0.717, 1.165) is 6.54 Å². The van der Waals surface area contributed by atoms with Gasteiger partial charge in [-0.15, -0.1) is 0 Å². The normalized spacial score (nSPS) is 4.50. The van der Waals surface area contributed by atoms with Crippen molar-refractivity contribution in [3.05, 3.63) is 0 Å². The van der Waals surface area contributed by atoms with Gasteiger partial charge in [-0.2, -0.15) is 0 Å². The van der Waals surface area contributed by atoms with Gasteiger partial charge in [0.2, 0.25) is 0 Å². The Hall–Kier alpha value is 1.60. The first-order valence-corrected chi connectivity index (χ1v) is 1.12. The maximum atomic E-state index is 4.85. The molecule has 1 radical (unpaired) electrons. The second-order valence-electron chi connectivity index (χ2n) is 0.408. The molecule has 2 heteroatoms. The molecule has 0 aliphatic heterocycles. The Balaban J connectivity index is 0. The fourth-order valence-corrected chi connectivity index (χ4v) is 0. The fourth-order valence-electron chi connectivity index (χ4n) is 0. The molecule has 0 atom stereocenters. The predicted octanol–water partition coefficient (Wildman–Crippen LogP) is -0.416. The molecule has 0 unspecified atom stereocenters. The van der Waals surface area contributed by atoms with Crippen molar-refractivity contribution in [3.63, 3.8) is 0 Å². The molecule has 0 aromatic rings. The summed E-state index contributed by atoms with van der Waals surface area (Å²) in [7, 11) is 0. The maximum absolute atomic E-state index is 4.85. The van der Waals surface area contributed by atoms with Gasteiger partial charge >= 0.3 is 0 Å². The Morgan fingerprint density at radius 1 is 1.75 bits per heavy atom. The largest absolute Gasteiger partial charge is 0.331 e. The topological polar surface area (TPSA) is 26.0 Å². The Morgan fingerprint density at radius 2 is 1.75 bits per heavy atom. The Bertz CT molecular complexity index is 6.00. The predicted molar refractivity (Wildman–Crippen MR) is 20.5 cm³/mol. The minimum absolute atomic E-state index is 0. The molecule has 0 saturated heterocycles. The van der Waals surface area contributed by atoms with Crippen molar-refractivity contribution in [3.8, 4) is 0 Å². The monoisotopic (exact) mass is 84.0 g/mol. The molecule has 0 aromatic heterocycles. The summed E-state index contributed by atoms with van der Waals surface area (Å²) < 4.78 is 0. The summed E-state index contributed by atoms with van der Waals surface area (Å²) in [6, 6.07) is 0. The first-order valence-electron chi connectivity index (χ1n) is 1.12. The Morgan fingerprint density at radius 3 is 1.75 bits per heavy atom. The van der Waals surface area contributed by atoms with Gasteiger partial charge in [-0.25, -0.2) is 0 Å². The summed E-state index contributed by atoms with van der Waals surface area (Å²) in [6.45, 7) is 2.65. The van der Waals surface area contributed by atoms with Crippen LogP contribution in [0.4, 0.5) is 0 Å². The number of nitrogens with two attached hydrogens (primary N) is 1. The zero-order chi connectivity index (χ0) is 2.71. The van der Waals surface area contributed by atoms with E-state index in [1.165, 1.54) is 0 Å². The molecular formula is C2H7KN. The van der Waals surface area contributed by atoms with Crippen LogP contribution in [0.15, 0.2) is 0 Å². The number of rotatable bonds is 0. The molecule has 4 heavy (non-hydrogen) atoms. The Labute approximate surface area is 69.4 Å². The minimum atomic E-state index is 0. The van der Waals surface area contributed by atoms with Gasteiger partial charge < -0.3 is 5.73 Å². The Kier molecular flexibility index (Phi) is 20.2. The van der Waals surface area contributed by atoms with Crippen molar-refractivity contribution in [1.29, 1.82) is 0 Å². The van der Waals surface area contributed by atoms with Crippen molar-refractivity contribution >= 4 is 51.4 Å². The van der Waals surface area contributed by atoms with Crippen LogP contribution in [0, 0.1) is 0 Å². The van der Waals surface area contributed by atoms with Crippen molar-refractivity contribution in [2.75, 3.05) is 6.54 Å². The van der Waals surface area contributed by atoms with Crippen LogP contribution in [-0.4, -0.2) is 57.9 Å². The summed E-state index contributed by atoms with van der Waals surface area (Å²) in [6.07, 6.45) is 0. The van der Waals surface area contributed by atoms with E-state index in [4.69, 9.17) is 5.73 Å². The van der Waals surface area contributed by atoms with Gasteiger partial charge in [0.15, 0.2) is 0 Å². The summed E-state index contributed by atoms with van der Waals surface area (Å²) in [4.78, 5) is 0. The van der Waals surface area contributed by atoms with Gasteiger partial charge in [0.05, 0.1) is 0 Å². The van der Waals surface area contributed by atoms with Gasteiger partial charge in [0.25, 0.3) is 0 Å². The van der Waals surface area contributed by atoms with Crippen LogP contribution in [0.5, 0.6) is 0 Å². The summed E-state index contributed by atoms with van der Waals surface area (Å²) in [5, 5.41) is 0. The second-order valence-corrected chi connectivity index (χ2v) is 0.408. The van der Waals surface area contributed by atoms with Crippen LogP contribution in [-0.2, 0) is 0 Å². The molecule has 0 saturated carbocycles. The van der Waals surface area contributed by atoms with Crippen LogP contribution < -0.4 is 5.73 Å². The van der Waals surface area contributed by atoms with Crippen molar-refractivity contribution in [2.24, 2.45) is 5.73 Å². The zero-order valence-electron chi connectivity index (χ0n) is 3.28. The van der Waals surface area contributed by atoms with Crippen molar-refractivity contribution in [1.82, 2.24) is 0 Å². The third-order valence-corrected chi connectivity index (χ3v) is 0. The van der Waals surface area contributed by atoms with E-state index in [1.807, 2.05) is 6.92 Å². The first kappa shape index (κ1) is 9.14. The van der Waals surface area contributed by atoms with E-state index in [1.54, 1.807) is 0 Å². The first-order chi connectivity index (χ1) is 1.41. The van der Waals surface area contributed by atoms with Crippen LogP contribution >= 0.6 is 0 Å². The van der Waals surface area contributed by atoms with Gasteiger partial charge in [-0.1, -0.05) is 6.92 Å². The zero-order valence-corrected chi connectivity index (χ0v) is 6.41. The molecule has 21 valence electrons. The maximum Gasteiger partial charge on any atom is 0 e. The molecule has 0 aliphatic carbocycles. The molecule has 2 N–H and O–H groups in total. The molecule has 1 nitrogen and oxygen atoms in total. The van der Waals surface area contributed by atoms with Crippen LogP contribution in [0.3, 0.4) is 0 Å². The minimum Gasteiger partial charge on any atom is -0.331 e. The molecule has 0 aliphatic rings. The average Bonchev–Trinajstić information content (AvgIpc) is 0.918. The number of hydrogen-bond acceptors (Lipinski definition) is 1. The summed E-state index contributed by atoms with van der Waals surface area (Å²) in [5.41, 5.74) is 4.85. The molecular weight excluding hydrogens is 77.1 g/mol. The van der Waals surface area contributed by atoms with E-state index in [9.17, 15) is 0 Å². The van der Waals surface area contributed by atoms with Crippen LogP contribution in [0.1, 0.15) is 6.92 Å². The summed E-state index contributed by atoms with van der Waals surface area (Å²) in [5.74, 6) is 0. The third-order valence-electron chi connectivity index (χ3n) is 0. The van der Waals surface area contributed by atoms with Crippen molar-refractivity contribution in [2.45, 2.75) is 6.92 Å². The SMILES string of the molecule is CCN.[K]. The standard InChI is InChI=1S/C2H7N.K/c1-2-3;/h2-3H2,1H3;.